The van der Waals surface area contributed by atoms with Crippen molar-refractivity contribution in [3.8, 4) is 0 Å². The second-order valence-electron chi connectivity index (χ2n) is 9.49. The van der Waals surface area contributed by atoms with Gasteiger partial charge < -0.3 is 4.74 Å². The maximum Gasteiger partial charge on any atom is 0.306 e. The van der Waals surface area contributed by atoms with E-state index in [4.69, 9.17) is 4.74 Å². The smallest absolute Gasteiger partial charge is 0.306 e. The number of carbonyl (C=O) groups is 1. The molecule has 0 aromatic carbocycles. The Morgan fingerprint density at radius 1 is 0.778 bits per heavy atom. The lowest BCUT2D eigenvalue weighted by Crippen LogP contribution is -2.10. The molecule has 0 heterocycles. The number of rotatable bonds is 16. The minimum atomic E-state index is -0.0823. The van der Waals surface area contributed by atoms with Gasteiger partial charge in [0, 0.05) is 6.42 Å². The van der Waals surface area contributed by atoms with Crippen LogP contribution >= 0.6 is 0 Å². The number of allylic oxidation sites excluding steroid dienone is 2. The molecular weight excluding hydrogens is 332 g/mol. The summed E-state index contributed by atoms with van der Waals surface area (Å²) in [6, 6.07) is 0. The van der Waals surface area contributed by atoms with Gasteiger partial charge in [0.05, 0.1) is 6.10 Å². The van der Waals surface area contributed by atoms with Gasteiger partial charge in [-0.1, -0.05) is 84.3 Å². The molecule has 0 aliphatic rings. The molecule has 0 fully saturated rings. The summed E-state index contributed by atoms with van der Waals surface area (Å²) in [6.07, 6.45) is 15.6. The zero-order valence-corrected chi connectivity index (χ0v) is 19.5. The zero-order valence-electron chi connectivity index (χ0n) is 19.5. The summed E-state index contributed by atoms with van der Waals surface area (Å²) < 4.78 is 5.16. The summed E-state index contributed by atoms with van der Waals surface area (Å²) in [5.74, 6) is 2.50. The highest BCUT2D eigenvalue weighted by molar-refractivity contribution is 5.69. The van der Waals surface area contributed by atoms with Crippen molar-refractivity contribution >= 4 is 5.97 Å². The lowest BCUT2D eigenvalue weighted by molar-refractivity contribution is -0.147. The number of esters is 1. The molecule has 0 aromatic rings. The van der Waals surface area contributed by atoms with E-state index in [9.17, 15) is 4.79 Å². The summed E-state index contributed by atoms with van der Waals surface area (Å²) >= 11 is 0. The van der Waals surface area contributed by atoms with Gasteiger partial charge in [0.15, 0.2) is 0 Å². The van der Waals surface area contributed by atoms with Crippen LogP contribution in [0, 0.1) is 17.8 Å². The monoisotopic (exact) mass is 380 g/mol. The highest BCUT2D eigenvalue weighted by atomic mass is 16.5. The Bertz CT molecular complexity index is 395. The molecule has 0 rings (SSSR count). The van der Waals surface area contributed by atoms with E-state index in [0.717, 1.165) is 30.6 Å². The van der Waals surface area contributed by atoms with Crippen molar-refractivity contribution in [2.75, 3.05) is 0 Å². The standard InChI is InChI=1S/C25H48O2/c1-20(2)12-8-13-22(5)14-9-15-23(6)16-10-17-24(7)18-11-19-25(26)27-21(3)4/h18,20-23H,8-17,19H2,1-7H3/b24-18+/t22-,23-/m1/s1. The third-order valence-corrected chi connectivity index (χ3v) is 5.35. The molecule has 0 aliphatic carbocycles. The topological polar surface area (TPSA) is 26.3 Å². The number of hydrogen-bond acceptors (Lipinski definition) is 2. The van der Waals surface area contributed by atoms with Crippen molar-refractivity contribution in [3.05, 3.63) is 11.6 Å². The average Bonchev–Trinajstić information content (AvgIpc) is 2.53. The van der Waals surface area contributed by atoms with Crippen LogP contribution in [0.2, 0.25) is 0 Å². The van der Waals surface area contributed by atoms with E-state index in [1.807, 2.05) is 13.8 Å². The van der Waals surface area contributed by atoms with Crippen LogP contribution in [0.5, 0.6) is 0 Å². The van der Waals surface area contributed by atoms with Gasteiger partial charge >= 0.3 is 5.97 Å². The molecule has 0 saturated heterocycles. The molecule has 0 aliphatic heterocycles. The summed E-state index contributed by atoms with van der Waals surface area (Å²) in [4.78, 5) is 11.5. The summed E-state index contributed by atoms with van der Waals surface area (Å²) in [7, 11) is 0. The van der Waals surface area contributed by atoms with Gasteiger partial charge in [-0.25, -0.2) is 0 Å². The van der Waals surface area contributed by atoms with E-state index >= 15 is 0 Å². The Kier molecular flexibility index (Phi) is 15.7. The first-order valence-electron chi connectivity index (χ1n) is 11.6. The molecular formula is C25H48O2. The SMILES string of the molecule is C/C(=C\CCC(=O)OC(C)C)CCC[C@H](C)CCC[C@H](C)CCCC(C)C. The molecule has 160 valence electrons. The van der Waals surface area contributed by atoms with E-state index in [0.29, 0.717) is 6.42 Å². The maximum atomic E-state index is 11.5. The van der Waals surface area contributed by atoms with E-state index in [-0.39, 0.29) is 12.1 Å². The molecule has 0 aromatic heterocycles. The van der Waals surface area contributed by atoms with E-state index in [1.54, 1.807) is 0 Å². The van der Waals surface area contributed by atoms with Crippen molar-refractivity contribution in [2.24, 2.45) is 17.8 Å². The minimum Gasteiger partial charge on any atom is -0.463 e. The Morgan fingerprint density at radius 3 is 1.81 bits per heavy atom. The molecule has 0 unspecified atom stereocenters. The van der Waals surface area contributed by atoms with Gasteiger partial charge in [-0.2, -0.15) is 0 Å². The fraction of sp³-hybridized carbons (Fsp3) is 0.880. The first-order valence-corrected chi connectivity index (χ1v) is 11.6. The zero-order chi connectivity index (χ0) is 20.7. The fourth-order valence-electron chi connectivity index (χ4n) is 3.57. The second kappa shape index (κ2) is 16.2. The van der Waals surface area contributed by atoms with Crippen LogP contribution in [0.4, 0.5) is 0 Å². The van der Waals surface area contributed by atoms with E-state index in [2.05, 4.69) is 40.7 Å². The molecule has 0 radical (unpaired) electrons. The summed E-state index contributed by atoms with van der Waals surface area (Å²) in [6.45, 7) is 15.5. The predicted octanol–water partition coefficient (Wildman–Crippen LogP) is 8.10. The fourth-order valence-corrected chi connectivity index (χ4v) is 3.57. The minimum absolute atomic E-state index is 0.00732. The summed E-state index contributed by atoms with van der Waals surface area (Å²) in [5, 5.41) is 0. The lowest BCUT2D eigenvalue weighted by Gasteiger charge is -2.15. The van der Waals surface area contributed by atoms with Crippen molar-refractivity contribution in [3.63, 3.8) is 0 Å². The van der Waals surface area contributed by atoms with Crippen LogP contribution in [0.25, 0.3) is 0 Å². The number of carbonyl (C=O) groups excluding carboxylic acids is 1. The van der Waals surface area contributed by atoms with E-state index < -0.39 is 0 Å². The Hall–Kier alpha value is -0.790. The molecule has 2 atom stereocenters. The van der Waals surface area contributed by atoms with Gasteiger partial charge in [0.1, 0.15) is 0 Å². The highest BCUT2D eigenvalue weighted by Crippen LogP contribution is 2.22. The van der Waals surface area contributed by atoms with Gasteiger partial charge in [-0.05, 0) is 57.8 Å². The average molecular weight is 381 g/mol. The van der Waals surface area contributed by atoms with Crippen LogP contribution in [-0.2, 0) is 9.53 Å². The number of ether oxygens (including phenoxy) is 1. The Labute approximate surface area is 170 Å². The van der Waals surface area contributed by atoms with Crippen molar-refractivity contribution in [1.82, 2.24) is 0 Å². The molecule has 27 heavy (non-hydrogen) atoms. The van der Waals surface area contributed by atoms with Crippen molar-refractivity contribution < 1.29 is 9.53 Å². The van der Waals surface area contributed by atoms with Crippen LogP contribution in [0.1, 0.15) is 119 Å². The summed E-state index contributed by atoms with van der Waals surface area (Å²) in [5.41, 5.74) is 1.42. The normalized spacial score (nSPS) is 14.6. The maximum absolute atomic E-state index is 11.5. The third kappa shape index (κ3) is 18.3. The second-order valence-corrected chi connectivity index (χ2v) is 9.49. The Morgan fingerprint density at radius 2 is 1.30 bits per heavy atom. The van der Waals surface area contributed by atoms with Gasteiger partial charge in [-0.3, -0.25) is 4.79 Å². The molecule has 2 nitrogen and oxygen atoms in total. The Balaban J connectivity index is 3.70. The predicted molar refractivity (Wildman–Crippen MR) is 119 cm³/mol. The van der Waals surface area contributed by atoms with Crippen LogP contribution in [-0.4, -0.2) is 12.1 Å². The highest BCUT2D eigenvalue weighted by Gasteiger charge is 2.07. The van der Waals surface area contributed by atoms with Crippen LogP contribution in [0.3, 0.4) is 0 Å². The molecule has 0 bridgehead atoms. The van der Waals surface area contributed by atoms with Crippen molar-refractivity contribution in [2.45, 2.75) is 125 Å². The van der Waals surface area contributed by atoms with Gasteiger partial charge in [0.2, 0.25) is 0 Å². The van der Waals surface area contributed by atoms with Crippen LogP contribution < -0.4 is 0 Å². The first kappa shape index (κ1) is 26.2. The van der Waals surface area contributed by atoms with Crippen molar-refractivity contribution in [1.29, 1.82) is 0 Å². The molecule has 2 heteroatoms. The van der Waals surface area contributed by atoms with Gasteiger partial charge in [-0.15, -0.1) is 0 Å². The third-order valence-electron chi connectivity index (χ3n) is 5.35. The molecule has 0 amide bonds. The van der Waals surface area contributed by atoms with Gasteiger partial charge in [0.25, 0.3) is 0 Å². The van der Waals surface area contributed by atoms with E-state index in [1.165, 1.54) is 56.9 Å². The first-order chi connectivity index (χ1) is 12.7. The van der Waals surface area contributed by atoms with Crippen LogP contribution in [0.15, 0.2) is 11.6 Å². The quantitative estimate of drug-likeness (QED) is 0.200. The number of hydrogen-bond donors (Lipinski definition) is 0. The molecule has 0 spiro atoms. The largest absolute Gasteiger partial charge is 0.463 e. The molecule has 0 N–H and O–H groups in total. The molecule has 0 saturated carbocycles. The lowest BCUT2D eigenvalue weighted by atomic mass is 9.91.